The second-order valence-corrected chi connectivity index (χ2v) is 3.83. The summed E-state index contributed by atoms with van der Waals surface area (Å²) in [5.74, 6) is 0.958. The van der Waals surface area contributed by atoms with Crippen LogP contribution in [0.15, 0.2) is 18.2 Å². The number of nitrogens with one attached hydrogen (secondary N) is 3. The molecular weight excluding hydrogens is 200 g/mol. The molecule has 86 valence electrons. The van der Waals surface area contributed by atoms with Crippen LogP contribution in [0, 0.1) is 6.92 Å². The fourth-order valence-corrected chi connectivity index (χ4v) is 1.72. The van der Waals surface area contributed by atoms with Gasteiger partial charge in [-0.2, -0.15) is 0 Å². The summed E-state index contributed by atoms with van der Waals surface area (Å²) in [4.78, 5) is 7.60. The highest BCUT2D eigenvalue weighted by molar-refractivity contribution is 5.79. The van der Waals surface area contributed by atoms with Gasteiger partial charge in [0.15, 0.2) is 0 Å². The fourth-order valence-electron chi connectivity index (χ4n) is 1.72. The van der Waals surface area contributed by atoms with Crippen LogP contribution in [0.3, 0.4) is 0 Å². The molecule has 0 aliphatic carbocycles. The monoisotopic (exact) mass is 218 g/mol. The van der Waals surface area contributed by atoms with Crippen molar-refractivity contribution in [1.29, 1.82) is 0 Å². The number of fused-ring (bicyclic) bond motifs is 1. The number of hydrogen-bond acceptors (Lipinski definition) is 3. The van der Waals surface area contributed by atoms with Gasteiger partial charge in [-0.1, -0.05) is 6.92 Å². The maximum absolute atomic E-state index is 4.37. The number of nitrogens with zero attached hydrogens (tertiary/aromatic N) is 1. The first kappa shape index (κ1) is 11.0. The van der Waals surface area contributed by atoms with Gasteiger partial charge in [0, 0.05) is 18.8 Å². The summed E-state index contributed by atoms with van der Waals surface area (Å²) >= 11 is 0. The van der Waals surface area contributed by atoms with Crippen LogP contribution in [0.5, 0.6) is 0 Å². The molecule has 0 saturated carbocycles. The van der Waals surface area contributed by atoms with E-state index in [1.54, 1.807) is 0 Å². The maximum Gasteiger partial charge on any atom is 0.104 e. The van der Waals surface area contributed by atoms with Gasteiger partial charge < -0.3 is 15.6 Å². The molecule has 0 unspecified atom stereocenters. The number of aromatic nitrogens is 2. The number of benzene rings is 1. The molecule has 3 N–H and O–H groups in total. The average molecular weight is 218 g/mol. The zero-order valence-corrected chi connectivity index (χ0v) is 9.80. The second kappa shape index (κ2) is 4.99. The van der Waals surface area contributed by atoms with Crippen molar-refractivity contribution in [3.8, 4) is 0 Å². The normalized spacial score (nSPS) is 10.9. The van der Waals surface area contributed by atoms with E-state index in [1.165, 1.54) is 0 Å². The van der Waals surface area contributed by atoms with Crippen molar-refractivity contribution in [1.82, 2.24) is 15.3 Å². The minimum Gasteiger partial charge on any atom is -0.384 e. The summed E-state index contributed by atoms with van der Waals surface area (Å²) in [7, 11) is 0. The number of hydrogen-bond donors (Lipinski definition) is 3. The zero-order chi connectivity index (χ0) is 11.4. The maximum atomic E-state index is 4.37. The quantitative estimate of drug-likeness (QED) is 0.672. The lowest BCUT2D eigenvalue weighted by atomic mass is 10.3. The van der Waals surface area contributed by atoms with Crippen LogP contribution in [-0.4, -0.2) is 29.6 Å². The molecule has 0 spiro atoms. The van der Waals surface area contributed by atoms with Crippen molar-refractivity contribution in [2.45, 2.75) is 13.8 Å². The van der Waals surface area contributed by atoms with Crippen molar-refractivity contribution in [2.75, 3.05) is 25.0 Å². The molecule has 0 bridgehead atoms. The minimum atomic E-state index is 0.937. The van der Waals surface area contributed by atoms with Crippen LogP contribution in [0.4, 0.5) is 5.69 Å². The highest BCUT2D eigenvalue weighted by atomic mass is 14.9. The molecule has 0 aliphatic heterocycles. The third-order valence-corrected chi connectivity index (χ3v) is 2.48. The Bertz CT molecular complexity index is 461. The Morgan fingerprint density at radius 3 is 3.00 bits per heavy atom. The molecule has 0 saturated heterocycles. The average Bonchev–Trinajstić information content (AvgIpc) is 2.64. The van der Waals surface area contributed by atoms with E-state index in [2.05, 4.69) is 39.7 Å². The largest absolute Gasteiger partial charge is 0.384 e. The summed E-state index contributed by atoms with van der Waals surface area (Å²) < 4.78 is 0. The smallest absolute Gasteiger partial charge is 0.104 e. The van der Waals surface area contributed by atoms with Crippen LogP contribution in [0.2, 0.25) is 0 Å². The summed E-state index contributed by atoms with van der Waals surface area (Å²) in [6, 6.07) is 6.20. The van der Waals surface area contributed by atoms with E-state index in [-0.39, 0.29) is 0 Å². The molecule has 2 aromatic rings. The van der Waals surface area contributed by atoms with E-state index >= 15 is 0 Å². The molecule has 1 heterocycles. The molecule has 0 fully saturated rings. The Hall–Kier alpha value is -1.55. The first-order chi connectivity index (χ1) is 7.79. The van der Waals surface area contributed by atoms with E-state index in [4.69, 9.17) is 0 Å². The zero-order valence-electron chi connectivity index (χ0n) is 9.80. The first-order valence-electron chi connectivity index (χ1n) is 5.70. The molecule has 1 aromatic carbocycles. The van der Waals surface area contributed by atoms with Gasteiger partial charge in [0.1, 0.15) is 5.82 Å². The van der Waals surface area contributed by atoms with Crippen LogP contribution < -0.4 is 10.6 Å². The number of aromatic amines is 1. The lowest BCUT2D eigenvalue weighted by Crippen LogP contribution is -2.21. The van der Waals surface area contributed by atoms with E-state index in [9.17, 15) is 0 Å². The summed E-state index contributed by atoms with van der Waals surface area (Å²) in [6.07, 6.45) is 0. The molecule has 0 amide bonds. The molecule has 16 heavy (non-hydrogen) atoms. The number of likely N-dealkylation sites (N-methyl/N-ethyl adjacent to an activating group) is 1. The number of imidazole rings is 1. The Labute approximate surface area is 95.5 Å². The standard InChI is InChI=1S/C12H18N4/c1-3-13-6-7-14-10-4-5-11-12(8-10)16-9(2)15-11/h4-5,8,13-14H,3,6-7H2,1-2H3,(H,15,16). The Morgan fingerprint density at radius 1 is 1.31 bits per heavy atom. The van der Waals surface area contributed by atoms with Gasteiger partial charge in [-0.25, -0.2) is 4.98 Å². The lowest BCUT2D eigenvalue weighted by Gasteiger charge is -2.06. The van der Waals surface area contributed by atoms with Crippen LogP contribution in [0.25, 0.3) is 11.0 Å². The number of H-pyrrole nitrogens is 1. The first-order valence-corrected chi connectivity index (χ1v) is 5.70. The van der Waals surface area contributed by atoms with Crippen LogP contribution in [-0.2, 0) is 0 Å². The molecule has 0 radical (unpaired) electrons. The van der Waals surface area contributed by atoms with Gasteiger partial charge in [0.05, 0.1) is 11.0 Å². The van der Waals surface area contributed by atoms with Gasteiger partial charge in [-0.05, 0) is 31.7 Å². The fraction of sp³-hybridized carbons (Fsp3) is 0.417. The Kier molecular flexibility index (Phi) is 3.41. The summed E-state index contributed by atoms with van der Waals surface area (Å²) in [5.41, 5.74) is 3.25. The minimum absolute atomic E-state index is 0.937. The van der Waals surface area contributed by atoms with E-state index < -0.39 is 0 Å². The molecule has 4 nitrogen and oxygen atoms in total. The van der Waals surface area contributed by atoms with Crippen LogP contribution in [0.1, 0.15) is 12.7 Å². The third-order valence-electron chi connectivity index (χ3n) is 2.48. The molecule has 0 aliphatic rings. The van der Waals surface area contributed by atoms with Crippen molar-refractivity contribution in [3.63, 3.8) is 0 Å². The number of rotatable bonds is 5. The van der Waals surface area contributed by atoms with Crippen molar-refractivity contribution >= 4 is 16.7 Å². The number of anilines is 1. The predicted octanol–water partition coefficient (Wildman–Crippen LogP) is 1.89. The van der Waals surface area contributed by atoms with Gasteiger partial charge in [0.2, 0.25) is 0 Å². The van der Waals surface area contributed by atoms with Crippen molar-refractivity contribution in [3.05, 3.63) is 24.0 Å². The molecular formula is C12H18N4. The number of aryl methyl sites for hydroxylation is 1. The van der Waals surface area contributed by atoms with E-state index in [0.717, 1.165) is 42.2 Å². The molecule has 2 rings (SSSR count). The second-order valence-electron chi connectivity index (χ2n) is 3.83. The van der Waals surface area contributed by atoms with Gasteiger partial charge >= 0.3 is 0 Å². The van der Waals surface area contributed by atoms with Crippen molar-refractivity contribution < 1.29 is 0 Å². The third kappa shape index (κ3) is 2.52. The Balaban J connectivity index is 2.02. The highest BCUT2D eigenvalue weighted by Crippen LogP contribution is 2.16. The lowest BCUT2D eigenvalue weighted by molar-refractivity contribution is 0.739. The predicted molar refractivity (Wildman–Crippen MR) is 67.9 cm³/mol. The van der Waals surface area contributed by atoms with Gasteiger partial charge in [-0.3, -0.25) is 0 Å². The van der Waals surface area contributed by atoms with Crippen molar-refractivity contribution in [2.24, 2.45) is 0 Å². The summed E-state index contributed by atoms with van der Waals surface area (Å²) in [6.45, 7) is 7.02. The Morgan fingerprint density at radius 2 is 2.19 bits per heavy atom. The topological polar surface area (TPSA) is 52.7 Å². The van der Waals surface area contributed by atoms with Gasteiger partial charge in [-0.15, -0.1) is 0 Å². The van der Waals surface area contributed by atoms with Gasteiger partial charge in [0.25, 0.3) is 0 Å². The van der Waals surface area contributed by atoms with E-state index in [1.807, 2.05) is 13.0 Å². The summed E-state index contributed by atoms with van der Waals surface area (Å²) in [5, 5.41) is 6.65. The molecule has 0 atom stereocenters. The SMILES string of the molecule is CCNCCNc1ccc2nc(C)[nH]c2c1. The highest BCUT2D eigenvalue weighted by Gasteiger charge is 1.99. The van der Waals surface area contributed by atoms with Crippen LogP contribution >= 0.6 is 0 Å². The van der Waals surface area contributed by atoms with E-state index in [0.29, 0.717) is 0 Å². The molecule has 1 aromatic heterocycles. The molecule has 4 heteroatoms.